The van der Waals surface area contributed by atoms with Crippen LogP contribution in [0.25, 0.3) is 99.3 Å². The van der Waals surface area contributed by atoms with Crippen molar-refractivity contribution in [3.05, 3.63) is 304 Å². The Balaban J connectivity index is 0.875. The van der Waals surface area contributed by atoms with Gasteiger partial charge in [-0.2, -0.15) is 0 Å². The summed E-state index contributed by atoms with van der Waals surface area (Å²) in [6.07, 6.45) is 1.83. The van der Waals surface area contributed by atoms with Crippen LogP contribution in [0.4, 0.5) is 34.1 Å². The highest BCUT2D eigenvalue weighted by Gasteiger charge is 2.24. The lowest BCUT2D eigenvalue weighted by Gasteiger charge is -2.27. The number of furan rings is 1. The van der Waals surface area contributed by atoms with Gasteiger partial charge < -0.3 is 23.4 Å². The Hall–Kier alpha value is -10.6. The summed E-state index contributed by atoms with van der Waals surface area (Å²) in [5.41, 5.74) is 20.7. The zero-order valence-corrected chi connectivity index (χ0v) is 43.1. The molecule has 0 aliphatic rings. The number of rotatable bonds is 11. The Labute approximate surface area is 458 Å². The molecular weight excluding hydrogens is 961 g/mol. The molecule has 0 atom stereocenters. The van der Waals surface area contributed by atoms with Crippen molar-refractivity contribution in [3.8, 4) is 44.8 Å². The second kappa shape index (κ2) is 19.2. The SMILES string of the molecule is c1ccc(-c2ccc(N(c3cccc(-c4ccc(N(c5ccc(-c6ccccc6)cc5)c5ccc6c(c5)c5ccccc5n6-c5ccccc5)c5occc45)c3)c3ccc4c(c3)c3ccccc3n4-c3ccccc3)cc2)cc1. The van der Waals surface area contributed by atoms with Gasteiger partial charge in [-0.05, 0) is 155 Å². The predicted molar refractivity (Wildman–Crippen MR) is 331 cm³/mol. The van der Waals surface area contributed by atoms with Crippen LogP contribution in [0.5, 0.6) is 0 Å². The van der Waals surface area contributed by atoms with E-state index in [2.05, 4.69) is 316 Å². The number of aromatic nitrogens is 2. The van der Waals surface area contributed by atoms with Crippen LogP contribution < -0.4 is 9.80 Å². The molecular formula is C74H50N4O. The monoisotopic (exact) mass is 1010 g/mol. The lowest BCUT2D eigenvalue weighted by atomic mass is 9.99. The fourth-order valence-corrected chi connectivity index (χ4v) is 11.9. The van der Waals surface area contributed by atoms with Gasteiger partial charge in [-0.1, -0.05) is 176 Å². The molecule has 3 aromatic heterocycles. The van der Waals surface area contributed by atoms with Crippen LogP contribution in [0.15, 0.2) is 308 Å². The van der Waals surface area contributed by atoms with Gasteiger partial charge in [0.05, 0.1) is 34.0 Å². The first-order chi connectivity index (χ1) is 39.2. The number of para-hydroxylation sites is 4. The third kappa shape index (κ3) is 7.95. The Bertz CT molecular complexity index is 4690. The normalized spacial score (nSPS) is 11.5. The van der Waals surface area contributed by atoms with Crippen molar-refractivity contribution in [2.24, 2.45) is 0 Å². The lowest BCUT2D eigenvalue weighted by Crippen LogP contribution is -2.11. The molecule has 0 spiro atoms. The van der Waals surface area contributed by atoms with Gasteiger partial charge in [0.15, 0.2) is 5.58 Å². The topological polar surface area (TPSA) is 29.5 Å². The third-order valence-corrected chi connectivity index (χ3v) is 15.6. The van der Waals surface area contributed by atoms with E-state index in [0.29, 0.717) is 0 Å². The maximum atomic E-state index is 6.66. The predicted octanol–water partition coefficient (Wildman–Crippen LogP) is 20.6. The minimum Gasteiger partial charge on any atom is -0.462 e. The van der Waals surface area contributed by atoms with Crippen LogP contribution in [-0.2, 0) is 0 Å². The number of hydrogen-bond donors (Lipinski definition) is 0. The van der Waals surface area contributed by atoms with Crippen LogP contribution >= 0.6 is 0 Å². The molecule has 79 heavy (non-hydrogen) atoms. The van der Waals surface area contributed by atoms with Crippen molar-refractivity contribution in [2.45, 2.75) is 0 Å². The standard InChI is InChI=1S/C74H50N4O/c1-5-18-51(19-6-1)53-32-36-58(37-33-53)75(61-40-43-71-67(49-61)64-28-13-15-30-69(64)77(71)56-23-9-3-10-24-56)60-27-17-22-55(48-60)63-42-45-73(74-66(63)46-47-79-74)76(59-38-34-54(35-39-59)52-20-7-2-8-21-52)62-41-44-72-68(50-62)65-29-14-16-31-70(65)78(72)57-25-11-4-12-26-57/h1-50H. The van der Waals surface area contributed by atoms with Gasteiger partial charge in [0.25, 0.3) is 0 Å². The van der Waals surface area contributed by atoms with Crippen LogP contribution in [0.3, 0.4) is 0 Å². The highest BCUT2D eigenvalue weighted by Crippen LogP contribution is 2.47. The van der Waals surface area contributed by atoms with E-state index in [-0.39, 0.29) is 0 Å². The van der Waals surface area contributed by atoms with Gasteiger partial charge in [-0.3, -0.25) is 0 Å². The Morgan fingerprint density at radius 3 is 1.22 bits per heavy atom. The molecule has 5 heteroatoms. The largest absolute Gasteiger partial charge is 0.462 e. The Kier molecular flexibility index (Phi) is 11.1. The van der Waals surface area contributed by atoms with Crippen LogP contribution in [-0.4, -0.2) is 9.13 Å². The molecule has 0 N–H and O–H groups in total. The van der Waals surface area contributed by atoms with Crippen molar-refractivity contribution in [2.75, 3.05) is 9.80 Å². The van der Waals surface area contributed by atoms with E-state index >= 15 is 0 Å². The van der Waals surface area contributed by atoms with Crippen LogP contribution in [0.2, 0.25) is 0 Å². The van der Waals surface area contributed by atoms with E-state index in [1.807, 2.05) is 6.26 Å². The van der Waals surface area contributed by atoms with Crippen LogP contribution in [0.1, 0.15) is 0 Å². The second-order valence-corrected chi connectivity index (χ2v) is 20.1. The molecule has 3 heterocycles. The summed E-state index contributed by atoms with van der Waals surface area (Å²) in [6, 6.07) is 107. The molecule has 0 amide bonds. The van der Waals surface area contributed by atoms with E-state index in [0.717, 1.165) is 84.2 Å². The minimum atomic E-state index is 0.801. The highest BCUT2D eigenvalue weighted by molar-refractivity contribution is 6.13. The maximum Gasteiger partial charge on any atom is 0.158 e. The summed E-state index contributed by atoms with van der Waals surface area (Å²) in [5, 5.41) is 5.79. The second-order valence-electron chi connectivity index (χ2n) is 20.1. The molecule has 15 rings (SSSR count). The first kappa shape index (κ1) is 45.7. The summed E-state index contributed by atoms with van der Waals surface area (Å²) in [5.74, 6) is 0. The van der Waals surface area contributed by atoms with Crippen molar-refractivity contribution in [3.63, 3.8) is 0 Å². The van der Waals surface area contributed by atoms with E-state index < -0.39 is 0 Å². The highest BCUT2D eigenvalue weighted by atomic mass is 16.3. The van der Waals surface area contributed by atoms with Crippen molar-refractivity contribution in [1.82, 2.24) is 9.13 Å². The van der Waals surface area contributed by atoms with Gasteiger partial charge in [0.1, 0.15) is 0 Å². The quantitative estimate of drug-likeness (QED) is 0.129. The first-order valence-corrected chi connectivity index (χ1v) is 26.9. The van der Waals surface area contributed by atoms with E-state index in [1.165, 1.54) is 49.3 Å². The van der Waals surface area contributed by atoms with Gasteiger partial charge >= 0.3 is 0 Å². The molecule has 0 saturated heterocycles. The maximum absolute atomic E-state index is 6.66. The molecule has 0 fully saturated rings. The molecule has 5 nitrogen and oxygen atoms in total. The van der Waals surface area contributed by atoms with Gasteiger partial charge in [-0.25, -0.2) is 0 Å². The lowest BCUT2D eigenvalue weighted by molar-refractivity contribution is 0.616. The molecule has 0 aliphatic heterocycles. The summed E-state index contributed by atoms with van der Waals surface area (Å²) >= 11 is 0. The average molecular weight is 1010 g/mol. The molecule has 12 aromatic carbocycles. The van der Waals surface area contributed by atoms with Crippen molar-refractivity contribution < 1.29 is 4.42 Å². The number of hydrogen-bond acceptors (Lipinski definition) is 3. The zero-order valence-electron chi connectivity index (χ0n) is 43.1. The number of fused-ring (bicyclic) bond motifs is 7. The number of anilines is 6. The van der Waals surface area contributed by atoms with E-state index in [9.17, 15) is 0 Å². The Morgan fingerprint density at radius 2 is 0.671 bits per heavy atom. The van der Waals surface area contributed by atoms with Crippen molar-refractivity contribution >= 4 is 88.7 Å². The summed E-state index contributed by atoms with van der Waals surface area (Å²) < 4.78 is 11.4. The molecule has 0 bridgehead atoms. The average Bonchev–Trinajstić information content (AvgIpc) is 4.39. The Morgan fingerprint density at radius 1 is 0.253 bits per heavy atom. The van der Waals surface area contributed by atoms with Gasteiger partial charge in [0, 0.05) is 66.7 Å². The molecule has 0 unspecified atom stereocenters. The van der Waals surface area contributed by atoms with Crippen molar-refractivity contribution in [1.29, 1.82) is 0 Å². The zero-order chi connectivity index (χ0) is 52.2. The summed E-state index contributed by atoms with van der Waals surface area (Å²) in [6.45, 7) is 0. The number of nitrogens with zero attached hydrogens (tertiary/aromatic N) is 4. The smallest absolute Gasteiger partial charge is 0.158 e. The molecule has 0 radical (unpaired) electrons. The molecule has 0 aliphatic carbocycles. The fraction of sp³-hybridized carbons (Fsp3) is 0. The van der Waals surface area contributed by atoms with E-state index in [1.54, 1.807) is 0 Å². The minimum absolute atomic E-state index is 0.801. The van der Waals surface area contributed by atoms with Crippen LogP contribution in [0, 0.1) is 0 Å². The molecule has 0 saturated carbocycles. The third-order valence-electron chi connectivity index (χ3n) is 15.6. The van der Waals surface area contributed by atoms with E-state index in [4.69, 9.17) is 4.42 Å². The van der Waals surface area contributed by atoms with Gasteiger partial charge in [-0.15, -0.1) is 0 Å². The number of benzene rings is 12. The fourth-order valence-electron chi connectivity index (χ4n) is 11.9. The summed E-state index contributed by atoms with van der Waals surface area (Å²) in [4.78, 5) is 4.74. The molecule has 15 aromatic rings. The molecule has 372 valence electrons. The summed E-state index contributed by atoms with van der Waals surface area (Å²) in [7, 11) is 0. The van der Waals surface area contributed by atoms with Gasteiger partial charge in [0.2, 0.25) is 0 Å². The first-order valence-electron chi connectivity index (χ1n) is 26.9.